The molecule has 0 amide bonds. The SMILES string of the molecule is N[C@@H]1C[C@H](N)[C@@H](OCc2cn(Cc3cccc(Cn4cc(CO[C@H]5[C@H](O)[C@@H](O)[C@H](N)C[C@@H]5N)nn4)c3)nn2)[C@H](O)[C@H]1O. The van der Waals surface area contributed by atoms with Crippen LogP contribution in [0.25, 0.3) is 0 Å². The summed E-state index contributed by atoms with van der Waals surface area (Å²) < 4.78 is 14.9. The number of ether oxygens (including phenoxy) is 2. The summed E-state index contributed by atoms with van der Waals surface area (Å²) in [7, 11) is 0. The van der Waals surface area contributed by atoms with Crippen LogP contribution in [0.4, 0.5) is 0 Å². The first-order chi connectivity index (χ1) is 20.1. The Kier molecular flexibility index (Phi) is 9.58. The van der Waals surface area contributed by atoms with Gasteiger partial charge in [-0.15, -0.1) is 10.2 Å². The van der Waals surface area contributed by atoms with Crippen molar-refractivity contribution in [3.8, 4) is 0 Å². The Morgan fingerprint density at radius 2 is 1.10 bits per heavy atom. The predicted octanol–water partition coefficient (Wildman–Crippen LogP) is -3.70. The summed E-state index contributed by atoms with van der Waals surface area (Å²) in [6.45, 7) is 1.09. The summed E-state index contributed by atoms with van der Waals surface area (Å²) in [5.74, 6) is 0. The molecule has 42 heavy (non-hydrogen) atoms. The van der Waals surface area contributed by atoms with E-state index in [1.807, 2.05) is 24.3 Å². The largest absolute Gasteiger partial charge is 0.389 e. The highest BCUT2D eigenvalue weighted by Gasteiger charge is 2.42. The van der Waals surface area contributed by atoms with Crippen LogP contribution in [-0.2, 0) is 35.8 Å². The molecule has 5 rings (SSSR count). The third-order valence-electron chi connectivity index (χ3n) is 7.88. The lowest BCUT2D eigenvalue weighted by Gasteiger charge is -2.39. The first kappa shape index (κ1) is 30.6. The van der Waals surface area contributed by atoms with Gasteiger partial charge < -0.3 is 52.8 Å². The van der Waals surface area contributed by atoms with Crippen LogP contribution >= 0.6 is 0 Å². The third-order valence-corrected chi connectivity index (χ3v) is 7.88. The van der Waals surface area contributed by atoms with Crippen molar-refractivity contribution in [2.45, 2.75) is 99.9 Å². The minimum absolute atomic E-state index is 0.0789. The van der Waals surface area contributed by atoms with Crippen molar-refractivity contribution < 1.29 is 29.9 Å². The highest BCUT2D eigenvalue weighted by molar-refractivity contribution is 5.24. The van der Waals surface area contributed by atoms with Gasteiger partial charge in [0.15, 0.2) is 0 Å². The van der Waals surface area contributed by atoms with Crippen LogP contribution in [0.15, 0.2) is 36.7 Å². The van der Waals surface area contributed by atoms with E-state index < -0.39 is 60.8 Å². The molecule has 1 aromatic carbocycles. The molecule has 0 radical (unpaired) electrons. The van der Waals surface area contributed by atoms with E-state index in [9.17, 15) is 20.4 Å². The van der Waals surface area contributed by atoms with Gasteiger partial charge in [0.2, 0.25) is 0 Å². The molecule has 16 nitrogen and oxygen atoms in total. The van der Waals surface area contributed by atoms with Crippen LogP contribution in [0.1, 0.15) is 35.4 Å². The summed E-state index contributed by atoms with van der Waals surface area (Å²) in [6, 6.07) is 5.73. The number of hydrogen-bond donors (Lipinski definition) is 8. The number of nitrogens with zero attached hydrogens (tertiary/aromatic N) is 6. The fraction of sp³-hybridized carbons (Fsp3) is 0.615. The molecular formula is C26H40N10O6. The van der Waals surface area contributed by atoms with Gasteiger partial charge in [-0.1, -0.05) is 34.7 Å². The van der Waals surface area contributed by atoms with Crippen molar-refractivity contribution in [1.82, 2.24) is 30.0 Å². The predicted molar refractivity (Wildman–Crippen MR) is 147 cm³/mol. The van der Waals surface area contributed by atoms with Gasteiger partial charge in [-0.3, -0.25) is 0 Å². The lowest BCUT2D eigenvalue weighted by atomic mass is 9.85. The fourth-order valence-electron chi connectivity index (χ4n) is 5.55. The second-order valence-corrected chi connectivity index (χ2v) is 11.3. The maximum Gasteiger partial charge on any atom is 0.109 e. The number of aliphatic hydroxyl groups is 4. The molecule has 0 saturated heterocycles. The molecule has 2 fully saturated rings. The van der Waals surface area contributed by atoms with E-state index in [4.69, 9.17) is 32.4 Å². The topological polar surface area (TPSA) is 265 Å². The molecule has 2 aromatic heterocycles. The van der Waals surface area contributed by atoms with Crippen molar-refractivity contribution in [1.29, 1.82) is 0 Å². The van der Waals surface area contributed by atoms with Crippen molar-refractivity contribution in [2.75, 3.05) is 0 Å². The van der Waals surface area contributed by atoms with Gasteiger partial charge in [-0.05, 0) is 24.0 Å². The minimum Gasteiger partial charge on any atom is -0.389 e. The van der Waals surface area contributed by atoms with Gasteiger partial charge in [-0.2, -0.15) is 0 Å². The van der Waals surface area contributed by atoms with Gasteiger partial charge in [0.25, 0.3) is 0 Å². The normalized spacial score (nSPS) is 33.6. The Labute approximate surface area is 242 Å². The van der Waals surface area contributed by atoms with E-state index in [2.05, 4.69) is 20.6 Å². The van der Waals surface area contributed by atoms with Gasteiger partial charge in [0, 0.05) is 24.2 Å². The van der Waals surface area contributed by atoms with Crippen LogP contribution in [-0.4, -0.2) is 111 Å². The van der Waals surface area contributed by atoms with Crippen LogP contribution in [0.2, 0.25) is 0 Å². The van der Waals surface area contributed by atoms with Crippen LogP contribution in [0.5, 0.6) is 0 Å². The molecule has 0 unspecified atom stereocenters. The van der Waals surface area contributed by atoms with Gasteiger partial charge in [0.05, 0.1) is 50.9 Å². The van der Waals surface area contributed by atoms with Crippen molar-refractivity contribution in [2.24, 2.45) is 22.9 Å². The molecule has 16 heteroatoms. The molecule has 2 heterocycles. The lowest BCUT2D eigenvalue weighted by Crippen LogP contribution is -2.61. The highest BCUT2D eigenvalue weighted by Crippen LogP contribution is 2.23. The Hall–Kier alpha value is -2.90. The average Bonchev–Trinajstić information content (AvgIpc) is 3.59. The minimum atomic E-state index is -1.17. The average molecular weight is 589 g/mol. The molecule has 2 saturated carbocycles. The summed E-state index contributed by atoms with van der Waals surface area (Å²) >= 11 is 0. The third kappa shape index (κ3) is 7.00. The second-order valence-electron chi connectivity index (χ2n) is 11.3. The first-order valence-electron chi connectivity index (χ1n) is 13.9. The van der Waals surface area contributed by atoms with E-state index >= 15 is 0 Å². The highest BCUT2D eigenvalue weighted by atomic mass is 16.5. The summed E-state index contributed by atoms with van der Waals surface area (Å²) in [4.78, 5) is 0. The molecule has 2 aliphatic rings. The van der Waals surface area contributed by atoms with E-state index in [1.54, 1.807) is 21.8 Å². The van der Waals surface area contributed by atoms with Gasteiger partial charge in [-0.25, -0.2) is 9.36 Å². The van der Waals surface area contributed by atoms with Gasteiger partial charge in [0.1, 0.15) is 35.8 Å². The molecule has 3 aromatic rings. The standard InChI is InChI=1S/C26H40N10O6/c27-17-5-19(29)25(23(39)21(17)37)41-11-15-9-35(33-31-15)7-13-2-1-3-14(4-13)8-36-10-16(32-34-36)12-42-26-20(30)6-18(28)22(38)24(26)40/h1-4,9-10,17-26,37-40H,5-8,11-12,27-30H2/t17-,18-,19+,20+,21+,22+,23-,24-,25-,26-/m1/s1. The maximum atomic E-state index is 10.3. The lowest BCUT2D eigenvalue weighted by molar-refractivity contribution is -0.132. The Morgan fingerprint density at radius 3 is 1.52 bits per heavy atom. The van der Waals surface area contributed by atoms with E-state index in [0.29, 0.717) is 37.3 Å². The van der Waals surface area contributed by atoms with Crippen LogP contribution in [0.3, 0.4) is 0 Å². The second kappa shape index (κ2) is 13.2. The van der Waals surface area contributed by atoms with E-state index in [-0.39, 0.29) is 13.2 Å². The number of benzene rings is 1. The summed E-state index contributed by atoms with van der Waals surface area (Å²) in [5.41, 5.74) is 26.9. The van der Waals surface area contributed by atoms with Crippen molar-refractivity contribution >= 4 is 0 Å². The Morgan fingerprint density at radius 1 is 0.667 bits per heavy atom. The van der Waals surface area contributed by atoms with Crippen molar-refractivity contribution in [3.05, 3.63) is 59.2 Å². The monoisotopic (exact) mass is 588 g/mol. The number of hydrogen-bond acceptors (Lipinski definition) is 14. The molecule has 12 N–H and O–H groups in total. The van der Waals surface area contributed by atoms with Crippen LogP contribution in [0, 0.1) is 0 Å². The van der Waals surface area contributed by atoms with Gasteiger partial charge >= 0.3 is 0 Å². The molecule has 10 atom stereocenters. The fourth-order valence-corrected chi connectivity index (χ4v) is 5.55. The van der Waals surface area contributed by atoms with E-state index in [0.717, 1.165) is 11.1 Å². The number of nitrogens with two attached hydrogens (primary N) is 4. The molecule has 0 spiro atoms. The summed E-state index contributed by atoms with van der Waals surface area (Å²) in [6.07, 6.45) is -1.87. The van der Waals surface area contributed by atoms with Crippen molar-refractivity contribution in [3.63, 3.8) is 0 Å². The summed E-state index contributed by atoms with van der Waals surface area (Å²) in [5, 5.41) is 57.3. The number of aromatic nitrogens is 6. The molecule has 2 aliphatic carbocycles. The first-order valence-corrected chi connectivity index (χ1v) is 13.9. The molecule has 0 bridgehead atoms. The zero-order chi connectivity index (χ0) is 30.0. The maximum absolute atomic E-state index is 10.3. The van der Waals surface area contributed by atoms with Crippen LogP contribution < -0.4 is 22.9 Å². The quantitative estimate of drug-likeness (QED) is 0.113. The zero-order valence-corrected chi connectivity index (χ0v) is 23.1. The molecule has 0 aliphatic heterocycles. The number of aliphatic hydroxyl groups excluding tert-OH is 4. The van der Waals surface area contributed by atoms with E-state index in [1.165, 1.54) is 0 Å². The molecular weight excluding hydrogens is 548 g/mol. The number of rotatable bonds is 10. The smallest absolute Gasteiger partial charge is 0.109 e. The Balaban J connectivity index is 1.12. The molecule has 230 valence electrons. The Bertz CT molecular complexity index is 1210. The zero-order valence-electron chi connectivity index (χ0n) is 23.1.